The molecule has 31 heavy (non-hydrogen) atoms. The number of carbonyl (C=O) groups is 1. The summed E-state index contributed by atoms with van der Waals surface area (Å²) in [4.78, 5) is 14.0. The smallest absolute Gasteiger partial charge is 0.170 e. The first-order valence-corrected chi connectivity index (χ1v) is 10.7. The minimum atomic E-state index is -0.306. The molecule has 0 radical (unpaired) electrons. The van der Waals surface area contributed by atoms with Crippen molar-refractivity contribution in [3.8, 4) is 5.75 Å². The van der Waals surface area contributed by atoms with Crippen LogP contribution in [0, 0.1) is 12.7 Å². The van der Waals surface area contributed by atoms with Gasteiger partial charge in [-0.05, 0) is 70.5 Å². The van der Waals surface area contributed by atoms with Crippen LogP contribution < -0.4 is 10.5 Å². The summed E-state index contributed by atoms with van der Waals surface area (Å²) in [5, 5.41) is 5.13. The van der Waals surface area contributed by atoms with Crippen molar-refractivity contribution in [2.45, 2.75) is 39.0 Å². The number of nitrogens with two attached hydrogens (primary N) is 1. The van der Waals surface area contributed by atoms with Crippen LogP contribution in [0.1, 0.15) is 53.7 Å². The van der Waals surface area contributed by atoms with Crippen LogP contribution in [-0.4, -0.2) is 42.1 Å². The summed E-state index contributed by atoms with van der Waals surface area (Å²) in [6.07, 6.45) is 2.91. The number of anilines is 1. The third kappa shape index (κ3) is 4.56. The number of hydrogen-bond donors (Lipinski definition) is 1. The van der Waals surface area contributed by atoms with Crippen LogP contribution in [0.4, 0.5) is 10.1 Å². The average Bonchev–Trinajstić information content (AvgIpc) is 3.17. The van der Waals surface area contributed by atoms with Gasteiger partial charge < -0.3 is 19.9 Å². The number of Topliss-reactive ketones (excluding diaryl/α,β-unsaturated/α-hetero) is 1. The molecule has 0 aliphatic carbocycles. The third-order valence-electron chi connectivity index (χ3n) is 6.16. The zero-order valence-electron chi connectivity index (χ0n) is 18.0. The van der Waals surface area contributed by atoms with Gasteiger partial charge in [0.2, 0.25) is 0 Å². The van der Waals surface area contributed by atoms with Gasteiger partial charge in [-0.15, -0.1) is 0 Å². The summed E-state index contributed by atoms with van der Waals surface area (Å²) in [6.45, 7) is 6.92. The van der Waals surface area contributed by atoms with Gasteiger partial charge >= 0.3 is 0 Å². The number of aromatic nitrogens is 1. The van der Waals surface area contributed by atoms with E-state index in [-0.39, 0.29) is 11.6 Å². The van der Waals surface area contributed by atoms with E-state index >= 15 is 0 Å². The molecule has 6 nitrogen and oxygen atoms in total. The standard InChI is InChI=1S/C24H28FN3O3/c1-15-21(7-6-19(16(2)29)23(15)26)30-13-3-10-28-11-8-17(9-12-28)24-20-5-4-18(25)14-22(20)31-27-24/h4-7,14,17H,3,8-13,26H2,1-2H3. The molecule has 4 rings (SSSR count). The molecule has 1 fully saturated rings. The van der Waals surface area contributed by atoms with Crippen LogP contribution in [-0.2, 0) is 0 Å². The van der Waals surface area contributed by atoms with Crippen molar-refractivity contribution in [1.82, 2.24) is 10.1 Å². The number of piperidine rings is 1. The number of nitrogens with zero attached hydrogens (tertiary/aromatic N) is 2. The van der Waals surface area contributed by atoms with Crippen molar-refractivity contribution in [2.24, 2.45) is 0 Å². The number of halogens is 1. The van der Waals surface area contributed by atoms with E-state index in [4.69, 9.17) is 15.0 Å². The van der Waals surface area contributed by atoms with E-state index < -0.39 is 0 Å². The highest BCUT2D eigenvalue weighted by Crippen LogP contribution is 2.33. The summed E-state index contributed by atoms with van der Waals surface area (Å²) in [5.74, 6) is 0.724. The molecular formula is C24H28FN3O3. The van der Waals surface area contributed by atoms with Gasteiger partial charge in [0.25, 0.3) is 0 Å². The fraction of sp³-hybridized carbons (Fsp3) is 0.417. The maximum Gasteiger partial charge on any atom is 0.170 e. The van der Waals surface area contributed by atoms with Crippen LogP contribution in [0.25, 0.3) is 11.0 Å². The minimum Gasteiger partial charge on any atom is -0.493 e. The highest BCUT2D eigenvalue weighted by molar-refractivity contribution is 6.00. The number of benzene rings is 2. The molecule has 164 valence electrons. The van der Waals surface area contributed by atoms with Gasteiger partial charge in [-0.25, -0.2) is 4.39 Å². The topological polar surface area (TPSA) is 81.6 Å². The van der Waals surface area contributed by atoms with E-state index in [1.807, 2.05) is 13.0 Å². The summed E-state index contributed by atoms with van der Waals surface area (Å²) in [5.41, 5.74) is 9.37. The van der Waals surface area contributed by atoms with Crippen molar-refractivity contribution in [2.75, 3.05) is 32.0 Å². The molecule has 1 saturated heterocycles. The van der Waals surface area contributed by atoms with E-state index in [1.165, 1.54) is 19.1 Å². The van der Waals surface area contributed by atoms with Gasteiger partial charge in [0, 0.05) is 40.7 Å². The Hall–Kier alpha value is -2.93. The van der Waals surface area contributed by atoms with E-state index in [2.05, 4.69) is 10.1 Å². The van der Waals surface area contributed by atoms with Gasteiger partial charge in [-0.2, -0.15) is 0 Å². The Bertz CT molecular complexity index is 1090. The number of ketones is 1. The number of ether oxygens (including phenoxy) is 1. The van der Waals surface area contributed by atoms with Gasteiger partial charge in [-0.1, -0.05) is 5.16 Å². The number of rotatable bonds is 7. The monoisotopic (exact) mass is 425 g/mol. The van der Waals surface area contributed by atoms with E-state index in [9.17, 15) is 9.18 Å². The zero-order valence-corrected chi connectivity index (χ0v) is 18.0. The molecule has 1 aromatic heterocycles. The van der Waals surface area contributed by atoms with E-state index in [1.54, 1.807) is 12.1 Å². The summed E-state index contributed by atoms with van der Waals surface area (Å²) in [7, 11) is 0. The summed E-state index contributed by atoms with van der Waals surface area (Å²) >= 11 is 0. The van der Waals surface area contributed by atoms with Crippen LogP contribution >= 0.6 is 0 Å². The normalized spacial score (nSPS) is 15.5. The van der Waals surface area contributed by atoms with Gasteiger partial charge in [0.05, 0.1) is 12.3 Å². The maximum atomic E-state index is 13.4. The van der Waals surface area contributed by atoms with Crippen LogP contribution in [0.3, 0.4) is 0 Å². The molecule has 0 atom stereocenters. The van der Waals surface area contributed by atoms with Crippen LogP contribution in [0.5, 0.6) is 5.75 Å². The predicted molar refractivity (Wildman–Crippen MR) is 118 cm³/mol. The Morgan fingerprint density at radius 3 is 2.81 bits per heavy atom. The number of hydrogen-bond acceptors (Lipinski definition) is 6. The highest BCUT2D eigenvalue weighted by Gasteiger charge is 2.25. The second kappa shape index (κ2) is 9.06. The minimum absolute atomic E-state index is 0.0404. The summed E-state index contributed by atoms with van der Waals surface area (Å²) in [6, 6.07) is 8.16. The molecule has 0 unspecified atom stereocenters. The number of likely N-dealkylation sites (tertiary alicyclic amines) is 1. The Balaban J connectivity index is 1.25. The number of carbonyl (C=O) groups excluding carboxylic acids is 1. The second-order valence-corrected chi connectivity index (χ2v) is 8.23. The lowest BCUT2D eigenvalue weighted by molar-refractivity contribution is 0.101. The molecule has 2 heterocycles. The first kappa shape index (κ1) is 21.3. The maximum absolute atomic E-state index is 13.4. The molecule has 2 N–H and O–H groups in total. The first-order valence-electron chi connectivity index (χ1n) is 10.7. The SMILES string of the molecule is CC(=O)c1ccc(OCCCN2CCC(c3noc4cc(F)ccc34)CC2)c(C)c1N. The number of nitrogen functional groups attached to an aromatic ring is 1. The van der Waals surface area contributed by atoms with Crippen molar-refractivity contribution >= 4 is 22.4 Å². The Kier molecular flexibility index (Phi) is 6.23. The summed E-state index contributed by atoms with van der Waals surface area (Å²) < 4.78 is 24.6. The van der Waals surface area contributed by atoms with Crippen LogP contribution in [0.2, 0.25) is 0 Å². The van der Waals surface area contributed by atoms with Crippen LogP contribution in [0.15, 0.2) is 34.9 Å². The lowest BCUT2D eigenvalue weighted by atomic mass is 9.91. The molecule has 0 bridgehead atoms. The molecule has 0 amide bonds. The lowest BCUT2D eigenvalue weighted by Crippen LogP contribution is -2.34. The van der Waals surface area contributed by atoms with Crippen molar-refractivity contribution in [1.29, 1.82) is 0 Å². The quantitative estimate of drug-likeness (QED) is 0.335. The molecule has 1 aliphatic heterocycles. The fourth-order valence-corrected chi connectivity index (χ4v) is 4.30. The van der Waals surface area contributed by atoms with Crippen molar-refractivity contribution < 1.29 is 18.4 Å². The largest absolute Gasteiger partial charge is 0.493 e. The van der Waals surface area contributed by atoms with Gasteiger partial charge in [0.1, 0.15) is 11.6 Å². The van der Waals surface area contributed by atoms with Gasteiger partial charge in [0.15, 0.2) is 11.4 Å². The predicted octanol–water partition coefficient (Wildman–Crippen LogP) is 4.71. The van der Waals surface area contributed by atoms with E-state index in [0.717, 1.165) is 61.3 Å². The zero-order chi connectivity index (χ0) is 22.0. The van der Waals surface area contributed by atoms with E-state index in [0.29, 0.717) is 29.4 Å². The highest BCUT2D eigenvalue weighted by atomic mass is 19.1. The Morgan fingerprint density at radius 1 is 1.29 bits per heavy atom. The second-order valence-electron chi connectivity index (χ2n) is 8.23. The lowest BCUT2D eigenvalue weighted by Gasteiger charge is -2.31. The third-order valence-corrected chi connectivity index (χ3v) is 6.16. The van der Waals surface area contributed by atoms with Crippen molar-refractivity contribution in [3.63, 3.8) is 0 Å². The number of fused-ring (bicyclic) bond motifs is 1. The van der Waals surface area contributed by atoms with Gasteiger partial charge in [-0.3, -0.25) is 4.79 Å². The molecular weight excluding hydrogens is 397 g/mol. The molecule has 0 spiro atoms. The first-order chi connectivity index (χ1) is 14.9. The average molecular weight is 426 g/mol. The Morgan fingerprint density at radius 2 is 2.06 bits per heavy atom. The fourth-order valence-electron chi connectivity index (χ4n) is 4.30. The molecule has 3 aromatic rings. The molecule has 0 saturated carbocycles. The Labute approximate surface area is 181 Å². The molecule has 2 aromatic carbocycles. The molecule has 7 heteroatoms. The molecule has 1 aliphatic rings. The van der Waals surface area contributed by atoms with Crippen molar-refractivity contribution in [3.05, 3.63) is 53.0 Å².